The number of nitrogens with one attached hydrogen (secondary N) is 2. The van der Waals surface area contributed by atoms with Crippen LogP contribution in [-0.4, -0.2) is 22.2 Å². The van der Waals surface area contributed by atoms with E-state index in [9.17, 15) is 4.79 Å². The molecule has 0 radical (unpaired) electrons. The highest BCUT2D eigenvalue weighted by Crippen LogP contribution is 2.23. The van der Waals surface area contributed by atoms with Gasteiger partial charge in [-0.2, -0.15) is 5.10 Å². The summed E-state index contributed by atoms with van der Waals surface area (Å²) in [5, 5.41) is 11.8. The molecule has 0 unspecified atom stereocenters. The van der Waals surface area contributed by atoms with E-state index in [4.69, 9.17) is 11.6 Å². The maximum Gasteiger partial charge on any atom is 0.269 e. The summed E-state index contributed by atoms with van der Waals surface area (Å²) < 4.78 is 1.78. The Labute approximate surface area is 157 Å². The lowest BCUT2D eigenvalue weighted by Gasteiger charge is -2.25. The first-order valence-electron chi connectivity index (χ1n) is 8.53. The molecule has 1 aliphatic heterocycles. The highest BCUT2D eigenvalue weighted by molar-refractivity contribution is 6.30. The van der Waals surface area contributed by atoms with Crippen LogP contribution in [0, 0.1) is 6.92 Å². The van der Waals surface area contributed by atoms with E-state index < -0.39 is 0 Å². The average Bonchev–Trinajstić information content (AvgIpc) is 3.10. The maximum atomic E-state index is 12.2. The first kappa shape index (κ1) is 16.8. The summed E-state index contributed by atoms with van der Waals surface area (Å²) in [6.45, 7) is 3.21. The molecule has 132 valence electrons. The summed E-state index contributed by atoms with van der Waals surface area (Å²) in [4.78, 5) is 12.2. The van der Waals surface area contributed by atoms with Crippen molar-refractivity contribution < 1.29 is 4.79 Å². The van der Waals surface area contributed by atoms with E-state index in [1.54, 1.807) is 4.68 Å². The van der Waals surface area contributed by atoms with E-state index >= 15 is 0 Å². The van der Waals surface area contributed by atoms with Crippen LogP contribution < -0.4 is 10.6 Å². The highest BCUT2D eigenvalue weighted by Gasteiger charge is 2.27. The van der Waals surface area contributed by atoms with Gasteiger partial charge in [-0.15, -0.1) is 0 Å². The molecule has 3 aromatic rings. The monoisotopic (exact) mass is 366 g/mol. The fourth-order valence-electron chi connectivity index (χ4n) is 3.03. The van der Waals surface area contributed by atoms with Crippen molar-refractivity contribution in [1.29, 1.82) is 0 Å². The summed E-state index contributed by atoms with van der Waals surface area (Å²) in [6, 6.07) is 17.7. The number of aromatic nitrogens is 2. The number of hydrogen-bond acceptors (Lipinski definition) is 3. The summed E-state index contributed by atoms with van der Waals surface area (Å²) in [6.07, 6.45) is -0.0995. The quantitative estimate of drug-likeness (QED) is 0.742. The number of carbonyl (C=O) groups is 1. The van der Waals surface area contributed by atoms with Crippen molar-refractivity contribution >= 4 is 17.5 Å². The zero-order valence-corrected chi connectivity index (χ0v) is 15.1. The Kier molecular flexibility index (Phi) is 4.49. The van der Waals surface area contributed by atoms with Gasteiger partial charge in [0.05, 0.1) is 12.2 Å². The third kappa shape index (κ3) is 3.36. The van der Waals surface area contributed by atoms with Crippen molar-refractivity contribution in [3.63, 3.8) is 0 Å². The molecule has 1 atom stereocenters. The van der Waals surface area contributed by atoms with Crippen LogP contribution in [0.15, 0.2) is 54.6 Å². The molecule has 1 amide bonds. The SMILES string of the molecule is Cc1ccc(-c2cc3n(n2)[C@H](NCc2ccc(Cl)cc2)CNC3=O)cc1. The zero-order valence-electron chi connectivity index (χ0n) is 14.4. The van der Waals surface area contributed by atoms with Gasteiger partial charge >= 0.3 is 0 Å². The molecular weight excluding hydrogens is 348 g/mol. The molecule has 0 spiro atoms. The third-order valence-electron chi connectivity index (χ3n) is 4.52. The van der Waals surface area contributed by atoms with Gasteiger partial charge in [0.25, 0.3) is 5.91 Å². The number of fused-ring (bicyclic) bond motifs is 1. The molecule has 0 saturated carbocycles. The summed E-state index contributed by atoms with van der Waals surface area (Å²) in [5.74, 6) is -0.0968. The lowest BCUT2D eigenvalue weighted by atomic mass is 10.1. The van der Waals surface area contributed by atoms with Crippen LogP contribution in [0.4, 0.5) is 0 Å². The Morgan fingerprint density at radius 2 is 1.92 bits per heavy atom. The normalized spacial score (nSPS) is 16.2. The molecule has 26 heavy (non-hydrogen) atoms. The van der Waals surface area contributed by atoms with Crippen LogP contribution in [0.3, 0.4) is 0 Å². The Morgan fingerprint density at radius 1 is 1.19 bits per heavy atom. The zero-order chi connectivity index (χ0) is 18.1. The van der Waals surface area contributed by atoms with E-state index in [2.05, 4.69) is 15.7 Å². The maximum absolute atomic E-state index is 12.2. The van der Waals surface area contributed by atoms with Gasteiger partial charge in [0.2, 0.25) is 0 Å². The molecule has 1 aromatic heterocycles. The minimum Gasteiger partial charge on any atom is -0.347 e. The van der Waals surface area contributed by atoms with Crippen LogP contribution >= 0.6 is 11.6 Å². The molecule has 1 aliphatic rings. The summed E-state index contributed by atoms with van der Waals surface area (Å²) >= 11 is 5.93. The van der Waals surface area contributed by atoms with E-state index in [-0.39, 0.29) is 12.1 Å². The summed E-state index contributed by atoms with van der Waals surface area (Å²) in [5.41, 5.74) is 4.69. The average molecular weight is 367 g/mol. The van der Waals surface area contributed by atoms with Gasteiger partial charge in [0.15, 0.2) is 0 Å². The number of halogens is 1. The second-order valence-corrected chi connectivity index (χ2v) is 6.90. The number of benzene rings is 2. The fraction of sp³-hybridized carbons (Fsp3) is 0.200. The lowest BCUT2D eigenvalue weighted by molar-refractivity contribution is 0.0900. The van der Waals surface area contributed by atoms with Gasteiger partial charge in [-0.25, -0.2) is 4.68 Å². The van der Waals surface area contributed by atoms with Gasteiger partial charge in [0.1, 0.15) is 11.9 Å². The minimum absolute atomic E-state index is 0.0968. The van der Waals surface area contributed by atoms with E-state index in [1.165, 1.54) is 5.56 Å². The molecule has 2 aromatic carbocycles. The third-order valence-corrected chi connectivity index (χ3v) is 4.77. The number of aryl methyl sites for hydroxylation is 1. The molecule has 6 heteroatoms. The van der Waals surface area contributed by atoms with Crippen LogP contribution in [0.1, 0.15) is 27.8 Å². The Hall–Kier alpha value is -2.63. The largest absolute Gasteiger partial charge is 0.347 e. The molecule has 5 nitrogen and oxygen atoms in total. The van der Waals surface area contributed by atoms with Crippen molar-refractivity contribution in [3.8, 4) is 11.3 Å². The fourth-order valence-corrected chi connectivity index (χ4v) is 3.16. The Balaban J connectivity index is 1.58. The number of hydrogen-bond donors (Lipinski definition) is 2. The van der Waals surface area contributed by atoms with Crippen molar-refractivity contribution in [2.24, 2.45) is 0 Å². The molecule has 0 fully saturated rings. The predicted molar refractivity (Wildman–Crippen MR) is 102 cm³/mol. The lowest BCUT2D eigenvalue weighted by Crippen LogP contribution is -2.45. The second-order valence-electron chi connectivity index (χ2n) is 6.46. The summed E-state index contributed by atoms with van der Waals surface area (Å²) in [7, 11) is 0. The Morgan fingerprint density at radius 3 is 2.65 bits per heavy atom. The first-order valence-corrected chi connectivity index (χ1v) is 8.90. The van der Waals surface area contributed by atoms with Crippen LogP contribution in [0.2, 0.25) is 5.02 Å². The predicted octanol–water partition coefficient (Wildman–Crippen LogP) is 3.54. The molecular formula is C20H19ClN4O. The number of carbonyl (C=O) groups excluding carboxylic acids is 1. The van der Waals surface area contributed by atoms with Gasteiger partial charge in [-0.1, -0.05) is 53.6 Å². The number of rotatable bonds is 4. The van der Waals surface area contributed by atoms with Gasteiger partial charge in [0, 0.05) is 17.1 Å². The molecule has 4 rings (SSSR count). The van der Waals surface area contributed by atoms with E-state index in [0.717, 1.165) is 21.8 Å². The van der Waals surface area contributed by atoms with E-state index in [1.807, 2.05) is 61.5 Å². The van der Waals surface area contributed by atoms with Gasteiger partial charge < -0.3 is 5.32 Å². The van der Waals surface area contributed by atoms with Gasteiger partial charge in [-0.3, -0.25) is 10.1 Å². The highest BCUT2D eigenvalue weighted by atomic mass is 35.5. The molecule has 0 bridgehead atoms. The van der Waals surface area contributed by atoms with Crippen LogP contribution in [-0.2, 0) is 6.54 Å². The minimum atomic E-state index is -0.0995. The van der Waals surface area contributed by atoms with Crippen LogP contribution in [0.5, 0.6) is 0 Å². The number of nitrogens with zero attached hydrogens (tertiary/aromatic N) is 2. The van der Waals surface area contributed by atoms with Gasteiger partial charge in [-0.05, 0) is 30.7 Å². The van der Waals surface area contributed by atoms with E-state index in [0.29, 0.717) is 18.8 Å². The van der Waals surface area contributed by atoms with Crippen molar-refractivity contribution in [2.45, 2.75) is 19.6 Å². The smallest absolute Gasteiger partial charge is 0.269 e. The van der Waals surface area contributed by atoms with Crippen molar-refractivity contribution in [3.05, 3.63) is 76.4 Å². The molecule has 2 N–H and O–H groups in total. The topological polar surface area (TPSA) is 59.0 Å². The Bertz CT molecular complexity index is 931. The molecule has 0 saturated heterocycles. The van der Waals surface area contributed by atoms with Crippen molar-refractivity contribution in [1.82, 2.24) is 20.4 Å². The first-order chi connectivity index (χ1) is 12.6. The molecule has 2 heterocycles. The molecule has 0 aliphatic carbocycles. The van der Waals surface area contributed by atoms with Crippen LogP contribution in [0.25, 0.3) is 11.3 Å². The van der Waals surface area contributed by atoms with Crippen molar-refractivity contribution in [2.75, 3.05) is 6.54 Å². The number of amides is 1. The second kappa shape index (κ2) is 6.94. The standard InChI is InChI=1S/C20H19ClN4O/c1-13-2-6-15(7-3-13)17-10-18-20(26)23-12-19(25(18)24-17)22-11-14-4-8-16(21)9-5-14/h2-10,19,22H,11-12H2,1H3,(H,23,26)/t19-/m0/s1.